The monoisotopic (exact) mass is 389 g/mol. The molecule has 6 nitrogen and oxygen atoms in total. The van der Waals surface area contributed by atoms with Gasteiger partial charge in [0.05, 0.1) is 11.7 Å². The number of amides is 1. The lowest BCUT2D eigenvalue weighted by atomic mass is 9.59. The number of hydrogen-bond donors (Lipinski definition) is 1. The van der Waals surface area contributed by atoms with Gasteiger partial charge in [0, 0.05) is 37.0 Å². The minimum atomic E-state index is 0.0577. The number of hydrogen-bond acceptors (Lipinski definition) is 5. The van der Waals surface area contributed by atoms with Crippen LogP contribution in [0.25, 0.3) is 11.1 Å². The van der Waals surface area contributed by atoms with Gasteiger partial charge < -0.3 is 15.0 Å². The minimum Gasteiger partial charge on any atom is -0.466 e. The Morgan fingerprint density at radius 2 is 2.17 bits per heavy atom. The lowest BCUT2D eigenvalue weighted by molar-refractivity contribution is -0.122. The molecule has 6 rings (SSSR count). The van der Waals surface area contributed by atoms with Crippen LogP contribution in [0.15, 0.2) is 36.5 Å². The van der Waals surface area contributed by atoms with Gasteiger partial charge in [-0.25, -0.2) is 4.79 Å². The molecule has 2 heterocycles. The van der Waals surface area contributed by atoms with Crippen molar-refractivity contribution in [3.8, 4) is 11.1 Å². The molecule has 2 aromatic rings. The average Bonchev–Trinajstić information content (AvgIpc) is 2.72. The zero-order chi connectivity index (χ0) is 20.1. The Morgan fingerprint density at radius 3 is 2.93 bits per heavy atom. The van der Waals surface area contributed by atoms with Crippen molar-refractivity contribution in [1.82, 2.24) is 10.3 Å². The number of carbonyl (C=O) groups is 1. The van der Waals surface area contributed by atoms with Gasteiger partial charge >= 0.3 is 0 Å². The number of anilines is 1. The second kappa shape index (κ2) is 6.75. The highest BCUT2D eigenvalue weighted by atomic mass is 16.5. The zero-order valence-corrected chi connectivity index (χ0v) is 16.6. The van der Waals surface area contributed by atoms with E-state index in [1.165, 1.54) is 5.56 Å². The molecule has 4 aliphatic rings. The first-order chi connectivity index (χ1) is 14.1. The van der Waals surface area contributed by atoms with Gasteiger partial charge in [-0.15, -0.1) is 0 Å². The summed E-state index contributed by atoms with van der Waals surface area (Å²) in [7, 11) is 1.80. The van der Waals surface area contributed by atoms with Crippen LogP contribution < -0.4 is 10.2 Å². The standard InChI is InChI=1S/C23H23N3O3/c1-3-20(28)25-23-15-7-14(8-15)22-17(9-24-10-18(22)23)13-4-5-19-16(6-13)12-29-21(11-27)26(19)2/h4-6,9-10,14-15,23H,3,7-8,12H2,1-2H3,(H,25,28). The first-order valence-electron chi connectivity index (χ1n) is 10.1. The Hall–Kier alpha value is -3.11. The Bertz CT molecular complexity index is 1050. The maximum Gasteiger partial charge on any atom is 0.282 e. The number of rotatable bonds is 3. The quantitative estimate of drug-likeness (QED) is 0.814. The molecule has 148 valence electrons. The molecule has 1 aromatic heterocycles. The minimum absolute atomic E-state index is 0.0577. The molecule has 1 saturated carbocycles. The molecule has 1 aliphatic heterocycles. The summed E-state index contributed by atoms with van der Waals surface area (Å²) in [5.41, 5.74) is 6.68. The predicted octanol–water partition coefficient (Wildman–Crippen LogP) is 3.46. The highest BCUT2D eigenvalue weighted by Gasteiger charge is 2.45. The van der Waals surface area contributed by atoms with Crippen molar-refractivity contribution in [2.45, 2.75) is 44.8 Å². The van der Waals surface area contributed by atoms with Crippen molar-refractivity contribution < 1.29 is 14.3 Å². The Morgan fingerprint density at radius 1 is 1.34 bits per heavy atom. The largest absolute Gasteiger partial charge is 0.466 e. The number of ether oxygens (including phenoxy) is 1. The summed E-state index contributed by atoms with van der Waals surface area (Å²) in [5.74, 6) is 3.18. The van der Waals surface area contributed by atoms with Gasteiger partial charge in [-0.3, -0.25) is 9.78 Å². The van der Waals surface area contributed by atoms with E-state index in [2.05, 4.69) is 22.4 Å². The maximum absolute atomic E-state index is 12.1. The van der Waals surface area contributed by atoms with E-state index in [0.717, 1.165) is 40.8 Å². The lowest BCUT2D eigenvalue weighted by Crippen LogP contribution is -2.43. The van der Waals surface area contributed by atoms with Gasteiger partial charge in [0.1, 0.15) is 6.61 Å². The fourth-order valence-electron chi connectivity index (χ4n) is 4.96. The van der Waals surface area contributed by atoms with Crippen LogP contribution in [-0.2, 0) is 20.9 Å². The molecule has 1 fully saturated rings. The van der Waals surface area contributed by atoms with Crippen LogP contribution in [-0.4, -0.2) is 23.9 Å². The molecule has 1 aromatic carbocycles. The van der Waals surface area contributed by atoms with Crippen molar-refractivity contribution >= 4 is 17.5 Å². The SMILES string of the molecule is CCC(=O)NC1c2cncc(-c3ccc4c(c3)COC(=C=O)N4C)c2C2CC1C2. The molecule has 0 spiro atoms. The van der Waals surface area contributed by atoms with E-state index in [1.54, 1.807) is 11.9 Å². The van der Waals surface area contributed by atoms with Crippen LogP contribution in [0.3, 0.4) is 0 Å². The molecule has 1 N–H and O–H groups in total. The molecule has 2 bridgehead atoms. The summed E-state index contributed by atoms with van der Waals surface area (Å²) >= 11 is 0. The first-order valence-corrected chi connectivity index (χ1v) is 10.1. The number of fused-ring (bicyclic) bond motifs is 1. The predicted molar refractivity (Wildman–Crippen MR) is 109 cm³/mol. The number of carbonyl (C=O) groups excluding carboxylic acids is 2. The summed E-state index contributed by atoms with van der Waals surface area (Å²) in [6, 6.07) is 6.27. The fraction of sp³-hybridized carbons (Fsp3) is 0.391. The van der Waals surface area contributed by atoms with Crippen molar-refractivity contribution in [3.05, 3.63) is 53.2 Å². The van der Waals surface area contributed by atoms with E-state index in [4.69, 9.17) is 4.74 Å². The van der Waals surface area contributed by atoms with Crippen molar-refractivity contribution in [1.29, 1.82) is 0 Å². The molecule has 1 amide bonds. The van der Waals surface area contributed by atoms with Gasteiger partial charge in [-0.2, -0.15) is 0 Å². The van der Waals surface area contributed by atoms with E-state index in [0.29, 0.717) is 24.9 Å². The van der Waals surface area contributed by atoms with Crippen molar-refractivity contribution in [2.24, 2.45) is 5.92 Å². The normalized spacial score (nSPS) is 23.9. The summed E-state index contributed by atoms with van der Waals surface area (Å²) < 4.78 is 5.53. The first kappa shape index (κ1) is 18.0. The highest BCUT2D eigenvalue weighted by Crippen LogP contribution is 2.57. The number of benzene rings is 1. The molecule has 0 radical (unpaired) electrons. The topological polar surface area (TPSA) is 71.5 Å². The van der Waals surface area contributed by atoms with Crippen LogP contribution in [0.1, 0.15) is 54.8 Å². The Labute approximate surface area is 169 Å². The fourth-order valence-corrected chi connectivity index (χ4v) is 4.96. The molecule has 6 heteroatoms. The molecule has 1 atom stereocenters. The van der Waals surface area contributed by atoms with E-state index >= 15 is 0 Å². The highest BCUT2D eigenvalue weighted by molar-refractivity contribution is 5.78. The van der Waals surface area contributed by atoms with Crippen LogP contribution >= 0.6 is 0 Å². The smallest absolute Gasteiger partial charge is 0.282 e. The lowest BCUT2D eigenvalue weighted by Gasteiger charge is -2.48. The molecular weight excluding hydrogens is 366 g/mol. The van der Waals surface area contributed by atoms with E-state index in [9.17, 15) is 9.59 Å². The molecule has 29 heavy (non-hydrogen) atoms. The van der Waals surface area contributed by atoms with Crippen LogP contribution in [0.2, 0.25) is 0 Å². The third-order valence-corrected chi connectivity index (χ3v) is 6.55. The van der Waals surface area contributed by atoms with Crippen LogP contribution in [0.4, 0.5) is 5.69 Å². The molecular formula is C23H23N3O3. The van der Waals surface area contributed by atoms with Gasteiger partial charge in [0.25, 0.3) is 5.88 Å². The molecule has 1 unspecified atom stereocenters. The Balaban J connectivity index is 1.56. The molecule has 0 saturated heterocycles. The second-order valence-electron chi connectivity index (χ2n) is 8.12. The van der Waals surface area contributed by atoms with Crippen molar-refractivity contribution in [3.63, 3.8) is 0 Å². The number of aromatic nitrogens is 1. The molecule has 3 aliphatic carbocycles. The maximum atomic E-state index is 12.1. The summed E-state index contributed by atoms with van der Waals surface area (Å²) in [5, 5.41) is 3.21. The van der Waals surface area contributed by atoms with Crippen LogP contribution in [0, 0.1) is 5.92 Å². The van der Waals surface area contributed by atoms with Crippen LogP contribution in [0.5, 0.6) is 0 Å². The van der Waals surface area contributed by atoms with E-state index < -0.39 is 0 Å². The zero-order valence-electron chi connectivity index (χ0n) is 16.6. The van der Waals surface area contributed by atoms with E-state index in [-0.39, 0.29) is 17.8 Å². The average molecular weight is 389 g/mol. The van der Waals surface area contributed by atoms with Gasteiger partial charge in [-0.1, -0.05) is 13.0 Å². The summed E-state index contributed by atoms with van der Waals surface area (Å²) in [6.45, 7) is 2.23. The number of nitrogens with zero attached hydrogens (tertiary/aromatic N) is 2. The Kier molecular flexibility index (Phi) is 4.18. The summed E-state index contributed by atoms with van der Waals surface area (Å²) in [6.07, 6.45) is 6.58. The van der Waals surface area contributed by atoms with Crippen molar-refractivity contribution in [2.75, 3.05) is 11.9 Å². The number of pyridine rings is 1. The third kappa shape index (κ3) is 2.75. The number of nitrogens with one attached hydrogen (secondary N) is 1. The third-order valence-electron chi connectivity index (χ3n) is 6.55. The van der Waals surface area contributed by atoms with Gasteiger partial charge in [-0.05, 0) is 53.5 Å². The summed E-state index contributed by atoms with van der Waals surface area (Å²) in [4.78, 5) is 29.3. The van der Waals surface area contributed by atoms with Gasteiger partial charge in [0.15, 0.2) is 5.94 Å². The van der Waals surface area contributed by atoms with Gasteiger partial charge in [0.2, 0.25) is 5.91 Å². The second-order valence-corrected chi connectivity index (χ2v) is 8.12. The van der Waals surface area contributed by atoms with E-state index in [1.807, 2.05) is 31.3 Å².